The molecule has 0 bridgehead atoms. The van der Waals surface area contributed by atoms with Crippen LogP contribution in [0.25, 0.3) is 11.1 Å². The molecule has 200 valence electrons. The highest BCUT2D eigenvalue weighted by Crippen LogP contribution is 2.42. The second-order valence-electron chi connectivity index (χ2n) is 10.9. The summed E-state index contributed by atoms with van der Waals surface area (Å²) in [4.78, 5) is 11.6. The van der Waals surface area contributed by atoms with Crippen molar-refractivity contribution in [1.82, 2.24) is 4.72 Å². The van der Waals surface area contributed by atoms with E-state index in [2.05, 4.69) is 48.9 Å². The van der Waals surface area contributed by atoms with E-state index in [-0.39, 0.29) is 23.7 Å². The number of amides is 1. The van der Waals surface area contributed by atoms with Crippen LogP contribution in [0.2, 0.25) is 0 Å². The van der Waals surface area contributed by atoms with Gasteiger partial charge in [-0.25, -0.2) is 4.21 Å². The van der Waals surface area contributed by atoms with E-state index in [9.17, 15) is 14.1 Å². The Morgan fingerprint density at radius 2 is 1.76 bits per heavy atom. The van der Waals surface area contributed by atoms with Gasteiger partial charge in [-0.15, -0.1) is 0 Å². The topological polar surface area (TPSA) is 84.9 Å². The van der Waals surface area contributed by atoms with Crippen molar-refractivity contribution in [3.63, 3.8) is 0 Å². The fraction of sp³-hybridized carbons (Fsp3) is 0.387. The molecule has 0 aromatic heterocycles. The van der Waals surface area contributed by atoms with Crippen LogP contribution >= 0.6 is 0 Å². The fourth-order valence-electron chi connectivity index (χ4n) is 5.46. The Labute approximate surface area is 227 Å². The lowest BCUT2D eigenvalue weighted by Crippen LogP contribution is -2.21. The molecular formula is C31H35NO5S. The van der Waals surface area contributed by atoms with Crippen LogP contribution < -0.4 is 14.2 Å². The van der Waals surface area contributed by atoms with Gasteiger partial charge in [-0.05, 0) is 104 Å². The molecule has 5 rings (SSSR count). The first-order valence-corrected chi connectivity index (χ1v) is 14.4. The Balaban J connectivity index is 1.33. The van der Waals surface area contributed by atoms with Crippen LogP contribution in [0.5, 0.6) is 11.5 Å². The summed E-state index contributed by atoms with van der Waals surface area (Å²) >= 11 is 0. The van der Waals surface area contributed by atoms with Crippen molar-refractivity contribution in [3.8, 4) is 22.6 Å². The molecule has 3 aromatic carbocycles. The molecule has 2 aliphatic rings. The zero-order valence-corrected chi connectivity index (χ0v) is 23.2. The smallest absolute Gasteiger partial charge is 0.233 e. The number of fused-ring (bicyclic) bond motifs is 1. The molecule has 6 nitrogen and oxygen atoms in total. The molecule has 1 aliphatic carbocycles. The highest BCUT2D eigenvalue weighted by molar-refractivity contribution is 7.84. The van der Waals surface area contributed by atoms with Crippen molar-refractivity contribution in [2.75, 3.05) is 6.61 Å². The van der Waals surface area contributed by atoms with Crippen LogP contribution in [0.3, 0.4) is 0 Å². The number of rotatable bonds is 8. The van der Waals surface area contributed by atoms with E-state index in [0.29, 0.717) is 13.0 Å². The quantitative estimate of drug-likeness (QED) is 0.382. The Morgan fingerprint density at radius 3 is 2.39 bits per heavy atom. The van der Waals surface area contributed by atoms with Crippen molar-refractivity contribution in [2.24, 2.45) is 0 Å². The zero-order valence-electron chi connectivity index (χ0n) is 22.4. The zero-order chi connectivity index (χ0) is 27.0. The Bertz CT molecular complexity index is 1350. The lowest BCUT2D eigenvalue weighted by molar-refractivity contribution is -0.118. The van der Waals surface area contributed by atoms with Crippen molar-refractivity contribution in [3.05, 3.63) is 82.4 Å². The van der Waals surface area contributed by atoms with Crippen LogP contribution in [0.15, 0.2) is 54.6 Å². The number of ether oxygens (including phenoxy) is 2. The number of carbonyl (C=O) groups excluding carboxylic acids is 1. The molecule has 0 spiro atoms. The molecule has 7 heteroatoms. The summed E-state index contributed by atoms with van der Waals surface area (Å²) in [7, 11) is -1.37. The number of carbonyl (C=O) groups is 1. The first-order chi connectivity index (χ1) is 18.1. The standard InChI is InChI=1S/C31H35NO5S/c1-19-16-23(36-15-14-31(3,4)34)17-20(2)30(19)26-7-5-6-25-24(26)12-13-27(25)37-22-10-8-21(9-11-22)28-18-29(33)32-38(28)35/h5-11,16-17,27-28,34H,12-15,18H2,1-4H3,(H,32,33)/t27-,28?,38?/m1/s1. The van der Waals surface area contributed by atoms with Gasteiger partial charge in [0.2, 0.25) is 5.91 Å². The molecule has 1 amide bonds. The van der Waals surface area contributed by atoms with Gasteiger partial charge in [-0.1, -0.05) is 30.3 Å². The lowest BCUT2D eigenvalue weighted by Gasteiger charge is -2.20. The van der Waals surface area contributed by atoms with Crippen LogP contribution in [0.1, 0.15) is 72.3 Å². The van der Waals surface area contributed by atoms with Gasteiger partial charge in [0.1, 0.15) is 28.6 Å². The van der Waals surface area contributed by atoms with E-state index in [4.69, 9.17) is 9.47 Å². The minimum atomic E-state index is -1.37. The minimum absolute atomic E-state index is 0.0373. The molecule has 3 atom stereocenters. The van der Waals surface area contributed by atoms with Crippen LogP contribution in [-0.2, 0) is 22.2 Å². The Kier molecular flexibility index (Phi) is 7.34. The van der Waals surface area contributed by atoms with E-state index in [1.807, 2.05) is 24.3 Å². The van der Waals surface area contributed by atoms with Gasteiger partial charge in [-0.2, -0.15) is 0 Å². The van der Waals surface area contributed by atoms with Crippen molar-refractivity contribution >= 4 is 16.9 Å². The first-order valence-electron chi connectivity index (χ1n) is 13.1. The summed E-state index contributed by atoms with van der Waals surface area (Å²) in [5, 5.41) is 9.65. The second-order valence-corrected chi connectivity index (χ2v) is 12.3. The summed E-state index contributed by atoms with van der Waals surface area (Å²) in [6.07, 6.45) is 2.62. The third kappa shape index (κ3) is 5.64. The van der Waals surface area contributed by atoms with E-state index in [1.54, 1.807) is 13.8 Å². The number of nitrogens with one attached hydrogen (secondary N) is 1. The van der Waals surface area contributed by atoms with Crippen molar-refractivity contribution in [1.29, 1.82) is 0 Å². The van der Waals surface area contributed by atoms with Crippen molar-refractivity contribution in [2.45, 2.75) is 70.3 Å². The molecule has 1 heterocycles. The molecule has 0 saturated carbocycles. The highest BCUT2D eigenvalue weighted by Gasteiger charge is 2.31. The van der Waals surface area contributed by atoms with Gasteiger partial charge in [0.05, 0.1) is 17.5 Å². The number of aliphatic hydroxyl groups is 1. The summed E-state index contributed by atoms with van der Waals surface area (Å²) in [5.41, 5.74) is 7.45. The van der Waals surface area contributed by atoms with Gasteiger partial charge >= 0.3 is 0 Å². The molecule has 38 heavy (non-hydrogen) atoms. The minimum Gasteiger partial charge on any atom is -0.493 e. The predicted octanol–water partition coefficient (Wildman–Crippen LogP) is 5.80. The van der Waals surface area contributed by atoms with Gasteiger partial charge in [0.25, 0.3) is 0 Å². The average Bonchev–Trinajstić information content (AvgIpc) is 3.41. The maximum atomic E-state index is 12.1. The Hall–Kier alpha value is -3.16. The molecular weight excluding hydrogens is 498 g/mol. The summed E-state index contributed by atoms with van der Waals surface area (Å²) in [6.45, 7) is 8.29. The van der Waals surface area contributed by atoms with E-state index in [0.717, 1.165) is 41.0 Å². The van der Waals surface area contributed by atoms with Crippen LogP contribution in [0, 0.1) is 13.8 Å². The van der Waals surface area contributed by atoms with Crippen molar-refractivity contribution < 1.29 is 23.6 Å². The van der Waals surface area contributed by atoms with E-state index < -0.39 is 16.6 Å². The number of aryl methyl sites for hydroxylation is 2. The average molecular weight is 534 g/mol. The molecule has 3 aromatic rings. The SMILES string of the molecule is Cc1cc(OCCC(C)(C)O)cc(C)c1-c1cccc2c1CC[C@H]2Oc1ccc(C2CC(=O)NS2=O)cc1. The maximum Gasteiger partial charge on any atom is 0.233 e. The normalized spacial score (nSPS) is 20.8. The first kappa shape index (κ1) is 26.4. The number of hydrogen-bond donors (Lipinski definition) is 2. The fourth-order valence-corrected chi connectivity index (χ4v) is 6.62. The summed E-state index contributed by atoms with van der Waals surface area (Å²) in [5.74, 6) is 1.41. The third-order valence-corrected chi connectivity index (χ3v) is 8.73. The van der Waals surface area contributed by atoms with Crippen LogP contribution in [0.4, 0.5) is 0 Å². The van der Waals surface area contributed by atoms with Gasteiger partial charge in [-0.3, -0.25) is 9.52 Å². The summed E-state index contributed by atoms with van der Waals surface area (Å²) < 4.78 is 27.0. The molecule has 1 aliphatic heterocycles. The highest BCUT2D eigenvalue weighted by atomic mass is 32.2. The summed E-state index contributed by atoms with van der Waals surface area (Å²) in [6, 6.07) is 18.2. The van der Waals surface area contributed by atoms with Gasteiger partial charge < -0.3 is 14.6 Å². The van der Waals surface area contributed by atoms with E-state index in [1.165, 1.54) is 22.3 Å². The largest absolute Gasteiger partial charge is 0.493 e. The molecule has 2 N–H and O–H groups in total. The third-order valence-electron chi connectivity index (χ3n) is 7.35. The number of benzene rings is 3. The lowest BCUT2D eigenvalue weighted by atomic mass is 9.90. The molecule has 2 unspecified atom stereocenters. The molecule has 0 radical (unpaired) electrons. The van der Waals surface area contributed by atoms with Gasteiger partial charge in [0.15, 0.2) is 0 Å². The molecule has 1 saturated heterocycles. The second kappa shape index (κ2) is 10.5. The Morgan fingerprint density at radius 1 is 1.05 bits per heavy atom. The maximum absolute atomic E-state index is 12.1. The van der Waals surface area contributed by atoms with Gasteiger partial charge in [0, 0.05) is 12.8 Å². The predicted molar refractivity (Wildman–Crippen MR) is 150 cm³/mol. The molecule has 1 fully saturated rings. The van der Waals surface area contributed by atoms with Crippen LogP contribution in [-0.4, -0.2) is 27.4 Å². The number of hydrogen-bond acceptors (Lipinski definition) is 5. The van der Waals surface area contributed by atoms with E-state index >= 15 is 0 Å². The monoisotopic (exact) mass is 533 g/mol.